The molecule has 0 bridgehead atoms. The number of nitrogens with one attached hydrogen (secondary N) is 1. The molecule has 2 atom stereocenters. The van der Waals surface area contributed by atoms with Crippen LogP contribution in [0.5, 0.6) is 0 Å². The second kappa shape index (κ2) is 6.83. The monoisotopic (exact) mass is 304 g/mol. The Morgan fingerprint density at radius 2 is 2.05 bits per heavy atom. The second-order valence-corrected chi connectivity index (χ2v) is 7.76. The standard InChI is InChI=1S/C13H24N2O2S2/c1-5-9(2)6-11(4)15-19(16,17)13-10(3)8-18-12(13)7-14/h8-9,11,15H,5-7,14H2,1-4H3. The predicted octanol–water partition coefficient (Wildman–Crippen LogP) is 2.62. The maximum absolute atomic E-state index is 12.4. The fourth-order valence-corrected chi connectivity index (χ4v) is 5.09. The van der Waals surface area contributed by atoms with Gasteiger partial charge in [-0.2, -0.15) is 0 Å². The zero-order valence-corrected chi connectivity index (χ0v) is 13.7. The number of nitrogens with two attached hydrogens (primary N) is 1. The van der Waals surface area contributed by atoms with Gasteiger partial charge in [-0.1, -0.05) is 20.3 Å². The molecule has 0 aliphatic rings. The highest BCUT2D eigenvalue weighted by atomic mass is 32.2. The van der Waals surface area contributed by atoms with Gasteiger partial charge in [0.25, 0.3) is 0 Å². The molecule has 0 saturated carbocycles. The summed E-state index contributed by atoms with van der Waals surface area (Å²) in [6.45, 7) is 8.22. The molecule has 0 amide bonds. The summed E-state index contributed by atoms with van der Waals surface area (Å²) in [5.41, 5.74) is 6.38. The van der Waals surface area contributed by atoms with Crippen molar-refractivity contribution in [2.75, 3.05) is 0 Å². The van der Waals surface area contributed by atoms with Crippen LogP contribution in [0.1, 0.15) is 44.1 Å². The molecular weight excluding hydrogens is 280 g/mol. The Labute approximate surface area is 120 Å². The van der Waals surface area contributed by atoms with Gasteiger partial charge in [-0.25, -0.2) is 13.1 Å². The minimum absolute atomic E-state index is 0.0649. The highest BCUT2D eigenvalue weighted by molar-refractivity contribution is 7.89. The Bertz CT molecular complexity index is 509. The molecule has 6 heteroatoms. The van der Waals surface area contributed by atoms with Crippen LogP contribution in [0.25, 0.3) is 0 Å². The van der Waals surface area contributed by atoms with E-state index in [4.69, 9.17) is 5.73 Å². The topological polar surface area (TPSA) is 72.2 Å². The molecule has 2 unspecified atom stereocenters. The third-order valence-electron chi connectivity index (χ3n) is 3.25. The predicted molar refractivity (Wildman–Crippen MR) is 80.8 cm³/mol. The van der Waals surface area contributed by atoms with E-state index in [0.29, 0.717) is 10.8 Å². The van der Waals surface area contributed by atoms with Crippen LogP contribution in [-0.4, -0.2) is 14.5 Å². The minimum Gasteiger partial charge on any atom is -0.326 e. The summed E-state index contributed by atoms with van der Waals surface area (Å²) in [4.78, 5) is 1.09. The first-order valence-electron chi connectivity index (χ1n) is 6.61. The van der Waals surface area contributed by atoms with E-state index >= 15 is 0 Å². The van der Waals surface area contributed by atoms with E-state index in [2.05, 4.69) is 18.6 Å². The first kappa shape index (κ1) is 16.6. The van der Waals surface area contributed by atoms with Gasteiger partial charge in [0.05, 0.1) is 0 Å². The SMILES string of the molecule is CCC(C)CC(C)NS(=O)(=O)c1c(C)csc1CN. The molecule has 1 aromatic heterocycles. The molecule has 0 fully saturated rings. The molecule has 19 heavy (non-hydrogen) atoms. The van der Waals surface area contributed by atoms with Crippen LogP contribution in [0.2, 0.25) is 0 Å². The van der Waals surface area contributed by atoms with Crippen molar-refractivity contribution in [3.8, 4) is 0 Å². The number of hydrogen-bond donors (Lipinski definition) is 2. The van der Waals surface area contributed by atoms with Crippen LogP contribution in [0.4, 0.5) is 0 Å². The van der Waals surface area contributed by atoms with Crippen molar-refractivity contribution in [1.82, 2.24) is 4.72 Å². The Kier molecular flexibility index (Phi) is 5.98. The van der Waals surface area contributed by atoms with Crippen LogP contribution in [-0.2, 0) is 16.6 Å². The molecule has 0 aromatic carbocycles. The molecule has 0 aliphatic carbocycles. The maximum atomic E-state index is 12.4. The molecular formula is C13H24N2O2S2. The number of sulfonamides is 1. The number of rotatable bonds is 7. The number of thiophene rings is 1. The molecule has 3 N–H and O–H groups in total. The Hall–Kier alpha value is -0.430. The average Bonchev–Trinajstić information content (AvgIpc) is 2.70. The zero-order chi connectivity index (χ0) is 14.6. The van der Waals surface area contributed by atoms with Gasteiger partial charge in [-0.15, -0.1) is 11.3 Å². The Morgan fingerprint density at radius 3 is 2.58 bits per heavy atom. The van der Waals surface area contributed by atoms with Gasteiger partial charge in [0.2, 0.25) is 10.0 Å². The molecule has 0 saturated heterocycles. The van der Waals surface area contributed by atoms with Crippen molar-refractivity contribution in [3.63, 3.8) is 0 Å². The Morgan fingerprint density at radius 1 is 1.42 bits per heavy atom. The molecule has 0 spiro atoms. The summed E-state index contributed by atoms with van der Waals surface area (Å²) in [6.07, 6.45) is 1.90. The van der Waals surface area contributed by atoms with Crippen LogP contribution in [0.3, 0.4) is 0 Å². The Balaban J connectivity index is 2.89. The lowest BCUT2D eigenvalue weighted by Gasteiger charge is -2.18. The summed E-state index contributed by atoms with van der Waals surface area (Å²) < 4.78 is 27.6. The van der Waals surface area contributed by atoms with E-state index in [0.717, 1.165) is 23.3 Å². The van der Waals surface area contributed by atoms with Gasteiger partial charge in [-0.05, 0) is 37.1 Å². The first-order chi connectivity index (χ1) is 8.81. The highest BCUT2D eigenvalue weighted by Gasteiger charge is 2.24. The fraction of sp³-hybridized carbons (Fsp3) is 0.692. The summed E-state index contributed by atoms with van der Waals surface area (Å²) in [5.74, 6) is 0.509. The van der Waals surface area contributed by atoms with Crippen molar-refractivity contribution < 1.29 is 8.42 Å². The maximum Gasteiger partial charge on any atom is 0.242 e. The van der Waals surface area contributed by atoms with Crippen molar-refractivity contribution in [2.24, 2.45) is 11.7 Å². The quantitative estimate of drug-likeness (QED) is 0.813. The second-order valence-electron chi connectivity index (χ2n) is 5.15. The smallest absolute Gasteiger partial charge is 0.242 e. The van der Waals surface area contributed by atoms with Gasteiger partial charge in [0, 0.05) is 17.5 Å². The van der Waals surface area contributed by atoms with Crippen LogP contribution >= 0.6 is 11.3 Å². The third-order valence-corrected chi connectivity index (χ3v) is 6.33. The number of hydrogen-bond acceptors (Lipinski definition) is 4. The molecule has 1 heterocycles. The lowest BCUT2D eigenvalue weighted by atomic mass is 10.0. The summed E-state index contributed by atoms with van der Waals surface area (Å²) in [6, 6.07) is -0.0649. The van der Waals surface area contributed by atoms with Crippen LogP contribution in [0, 0.1) is 12.8 Å². The summed E-state index contributed by atoms with van der Waals surface area (Å²) in [7, 11) is -3.46. The average molecular weight is 304 g/mol. The molecule has 110 valence electrons. The zero-order valence-electron chi connectivity index (χ0n) is 12.1. The molecule has 1 rings (SSSR count). The van der Waals surface area contributed by atoms with Crippen molar-refractivity contribution in [1.29, 1.82) is 0 Å². The van der Waals surface area contributed by atoms with Crippen LogP contribution in [0.15, 0.2) is 10.3 Å². The van der Waals surface area contributed by atoms with Crippen LogP contribution < -0.4 is 10.5 Å². The molecule has 4 nitrogen and oxygen atoms in total. The van der Waals surface area contributed by atoms with E-state index < -0.39 is 10.0 Å². The fourth-order valence-electron chi connectivity index (χ4n) is 2.13. The van der Waals surface area contributed by atoms with Crippen molar-refractivity contribution in [2.45, 2.75) is 58.0 Å². The van der Waals surface area contributed by atoms with Gasteiger partial charge < -0.3 is 5.73 Å². The van der Waals surface area contributed by atoms with Gasteiger partial charge >= 0.3 is 0 Å². The van der Waals surface area contributed by atoms with E-state index in [1.54, 1.807) is 0 Å². The normalized spacial score (nSPS) is 15.4. The molecule has 0 radical (unpaired) electrons. The lowest BCUT2D eigenvalue weighted by Crippen LogP contribution is -2.34. The van der Waals surface area contributed by atoms with E-state index in [9.17, 15) is 8.42 Å². The largest absolute Gasteiger partial charge is 0.326 e. The highest BCUT2D eigenvalue weighted by Crippen LogP contribution is 2.26. The van der Waals surface area contributed by atoms with Crippen molar-refractivity contribution >= 4 is 21.4 Å². The van der Waals surface area contributed by atoms with E-state index in [1.807, 2.05) is 19.2 Å². The van der Waals surface area contributed by atoms with Gasteiger partial charge in [0.15, 0.2) is 0 Å². The van der Waals surface area contributed by atoms with Gasteiger partial charge in [-0.3, -0.25) is 0 Å². The lowest BCUT2D eigenvalue weighted by molar-refractivity contribution is 0.445. The first-order valence-corrected chi connectivity index (χ1v) is 8.97. The van der Waals surface area contributed by atoms with Gasteiger partial charge in [0.1, 0.15) is 4.90 Å². The minimum atomic E-state index is -3.46. The summed E-state index contributed by atoms with van der Waals surface area (Å²) in [5, 5.41) is 1.84. The molecule has 1 aromatic rings. The van der Waals surface area contributed by atoms with Crippen molar-refractivity contribution in [3.05, 3.63) is 15.8 Å². The molecule has 0 aliphatic heterocycles. The summed E-state index contributed by atoms with van der Waals surface area (Å²) >= 11 is 1.40. The van der Waals surface area contributed by atoms with E-state index in [-0.39, 0.29) is 12.6 Å². The number of aryl methyl sites for hydroxylation is 1. The van der Waals surface area contributed by atoms with E-state index in [1.165, 1.54) is 11.3 Å². The third kappa shape index (κ3) is 4.27.